The zero-order chi connectivity index (χ0) is 7.56. The minimum absolute atomic E-state index is 0.0706. The molecule has 0 radical (unpaired) electrons. The molecule has 0 saturated heterocycles. The van der Waals surface area contributed by atoms with E-state index in [9.17, 15) is 4.79 Å². The van der Waals surface area contributed by atoms with Crippen LogP contribution >= 0.6 is 0 Å². The normalized spacial score (nSPS) is 28.6. The van der Waals surface area contributed by atoms with Crippen molar-refractivity contribution >= 4 is 5.78 Å². The van der Waals surface area contributed by atoms with E-state index in [1.165, 1.54) is 0 Å². The first kappa shape index (κ1) is 7.48. The Kier molecular flexibility index (Phi) is 2.22. The van der Waals surface area contributed by atoms with Gasteiger partial charge in [-0.25, -0.2) is 0 Å². The highest BCUT2D eigenvalue weighted by molar-refractivity contribution is 5.92. The molecule has 2 atom stereocenters. The minimum atomic E-state index is -0.488. The molecule has 2 heteroatoms. The summed E-state index contributed by atoms with van der Waals surface area (Å²) in [5.74, 6) is -0.0775. The summed E-state index contributed by atoms with van der Waals surface area (Å²) >= 11 is 0. The number of aliphatic hydroxyl groups excluding tert-OH is 1. The summed E-state index contributed by atoms with van der Waals surface area (Å²) in [5, 5.41) is 9.09. The van der Waals surface area contributed by atoms with Gasteiger partial charge in [-0.2, -0.15) is 0 Å². The van der Waals surface area contributed by atoms with Gasteiger partial charge in [0.25, 0.3) is 0 Å². The van der Waals surface area contributed by atoms with Crippen LogP contribution in [0.3, 0.4) is 0 Å². The maximum atomic E-state index is 11.0. The van der Waals surface area contributed by atoms with Crippen LogP contribution in [0.25, 0.3) is 0 Å². The molecular weight excluding hydrogens is 128 g/mol. The SMILES string of the molecule is C[C@@H](O)[C@H]1CCC=CC1=O. The first-order valence-electron chi connectivity index (χ1n) is 3.60. The minimum Gasteiger partial charge on any atom is -0.393 e. The molecule has 0 saturated carbocycles. The Morgan fingerprint density at radius 2 is 2.50 bits per heavy atom. The van der Waals surface area contributed by atoms with E-state index in [-0.39, 0.29) is 11.7 Å². The van der Waals surface area contributed by atoms with Gasteiger partial charge < -0.3 is 5.11 Å². The Morgan fingerprint density at radius 3 is 2.90 bits per heavy atom. The van der Waals surface area contributed by atoms with Crippen molar-refractivity contribution < 1.29 is 9.90 Å². The summed E-state index contributed by atoms with van der Waals surface area (Å²) in [5.41, 5.74) is 0. The number of aliphatic hydroxyl groups is 1. The maximum absolute atomic E-state index is 11.0. The fourth-order valence-corrected chi connectivity index (χ4v) is 1.22. The summed E-state index contributed by atoms with van der Waals surface area (Å²) in [6.45, 7) is 1.67. The molecule has 0 bridgehead atoms. The third-order valence-electron chi connectivity index (χ3n) is 1.87. The monoisotopic (exact) mass is 140 g/mol. The van der Waals surface area contributed by atoms with Crippen LogP contribution in [0.2, 0.25) is 0 Å². The molecule has 0 aromatic heterocycles. The van der Waals surface area contributed by atoms with Gasteiger partial charge in [-0.05, 0) is 25.8 Å². The number of ketones is 1. The largest absolute Gasteiger partial charge is 0.393 e. The van der Waals surface area contributed by atoms with E-state index in [0.717, 1.165) is 12.8 Å². The number of hydrogen-bond donors (Lipinski definition) is 1. The van der Waals surface area contributed by atoms with Crippen molar-refractivity contribution in [3.05, 3.63) is 12.2 Å². The topological polar surface area (TPSA) is 37.3 Å². The van der Waals surface area contributed by atoms with Gasteiger partial charge in [-0.3, -0.25) is 4.79 Å². The average Bonchev–Trinajstić information content (AvgIpc) is 1.88. The van der Waals surface area contributed by atoms with E-state index in [0.29, 0.717) is 0 Å². The third kappa shape index (κ3) is 1.45. The van der Waals surface area contributed by atoms with Crippen LogP contribution in [0.5, 0.6) is 0 Å². The summed E-state index contributed by atoms with van der Waals surface area (Å²) in [6.07, 6.45) is 4.66. The molecule has 0 aromatic rings. The lowest BCUT2D eigenvalue weighted by Crippen LogP contribution is -2.26. The number of rotatable bonds is 1. The number of hydrogen-bond acceptors (Lipinski definition) is 2. The molecule has 56 valence electrons. The highest BCUT2D eigenvalue weighted by atomic mass is 16.3. The molecule has 10 heavy (non-hydrogen) atoms. The van der Waals surface area contributed by atoms with Gasteiger partial charge in [0.1, 0.15) is 0 Å². The van der Waals surface area contributed by atoms with Crippen LogP contribution < -0.4 is 0 Å². The van der Waals surface area contributed by atoms with Gasteiger partial charge in [0, 0.05) is 5.92 Å². The zero-order valence-electron chi connectivity index (χ0n) is 6.08. The lowest BCUT2D eigenvalue weighted by molar-refractivity contribution is -0.121. The lowest BCUT2D eigenvalue weighted by Gasteiger charge is -2.18. The smallest absolute Gasteiger partial charge is 0.161 e. The Labute approximate surface area is 60.6 Å². The zero-order valence-corrected chi connectivity index (χ0v) is 6.08. The van der Waals surface area contributed by atoms with Gasteiger partial charge in [-0.1, -0.05) is 6.08 Å². The number of carbonyl (C=O) groups is 1. The molecule has 2 nitrogen and oxygen atoms in total. The van der Waals surface area contributed by atoms with E-state index in [1.807, 2.05) is 6.08 Å². The van der Waals surface area contributed by atoms with Gasteiger partial charge in [0.15, 0.2) is 5.78 Å². The van der Waals surface area contributed by atoms with Crippen LogP contribution in [0, 0.1) is 5.92 Å². The van der Waals surface area contributed by atoms with Crippen LogP contribution in [0.15, 0.2) is 12.2 Å². The van der Waals surface area contributed by atoms with E-state index in [1.54, 1.807) is 13.0 Å². The Morgan fingerprint density at radius 1 is 1.80 bits per heavy atom. The van der Waals surface area contributed by atoms with E-state index in [4.69, 9.17) is 5.11 Å². The third-order valence-corrected chi connectivity index (χ3v) is 1.87. The van der Waals surface area contributed by atoms with Gasteiger partial charge >= 0.3 is 0 Å². The summed E-state index contributed by atoms with van der Waals surface area (Å²) < 4.78 is 0. The number of carbonyl (C=O) groups excluding carboxylic acids is 1. The van der Waals surface area contributed by atoms with Gasteiger partial charge in [0.2, 0.25) is 0 Å². The molecule has 0 amide bonds. The molecular formula is C8H12O2. The summed E-state index contributed by atoms with van der Waals surface area (Å²) in [7, 11) is 0. The van der Waals surface area contributed by atoms with Crippen molar-refractivity contribution in [2.75, 3.05) is 0 Å². The van der Waals surface area contributed by atoms with Crippen LogP contribution in [0.1, 0.15) is 19.8 Å². The van der Waals surface area contributed by atoms with Crippen LogP contribution in [-0.2, 0) is 4.79 Å². The van der Waals surface area contributed by atoms with Crippen LogP contribution in [0.4, 0.5) is 0 Å². The lowest BCUT2D eigenvalue weighted by atomic mass is 9.89. The molecule has 0 aliphatic heterocycles. The molecule has 0 fully saturated rings. The van der Waals surface area contributed by atoms with Gasteiger partial charge in [0.05, 0.1) is 6.10 Å². The Bertz CT molecular complexity index is 159. The second-order valence-corrected chi connectivity index (χ2v) is 2.73. The molecule has 1 aliphatic carbocycles. The Hall–Kier alpha value is -0.630. The quantitative estimate of drug-likeness (QED) is 0.587. The standard InChI is InChI=1S/C8H12O2/c1-6(9)7-4-2-3-5-8(7)10/h3,5-7,9H,2,4H2,1H3/t6-,7-/m1/s1. The fourth-order valence-electron chi connectivity index (χ4n) is 1.22. The van der Waals surface area contributed by atoms with Gasteiger partial charge in [-0.15, -0.1) is 0 Å². The predicted octanol–water partition coefficient (Wildman–Crippen LogP) is 0.902. The highest BCUT2D eigenvalue weighted by Gasteiger charge is 2.22. The van der Waals surface area contributed by atoms with E-state index < -0.39 is 6.10 Å². The molecule has 0 unspecified atom stereocenters. The van der Waals surface area contributed by atoms with Crippen molar-refractivity contribution in [2.24, 2.45) is 5.92 Å². The van der Waals surface area contributed by atoms with E-state index in [2.05, 4.69) is 0 Å². The second kappa shape index (κ2) is 2.97. The van der Waals surface area contributed by atoms with Crippen molar-refractivity contribution in [1.82, 2.24) is 0 Å². The molecule has 1 N–H and O–H groups in total. The molecule has 0 heterocycles. The molecule has 0 spiro atoms. The maximum Gasteiger partial charge on any atom is 0.161 e. The molecule has 1 rings (SSSR count). The highest BCUT2D eigenvalue weighted by Crippen LogP contribution is 2.18. The van der Waals surface area contributed by atoms with Crippen LogP contribution in [-0.4, -0.2) is 17.0 Å². The molecule has 1 aliphatic rings. The average molecular weight is 140 g/mol. The summed E-state index contributed by atoms with van der Waals surface area (Å²) in [6, 6.07) is 0. The molecule has 0 aromatic carbocycles. The van der Waals surface area contributed by atoms with Crippen molar-refractivity contribution in [2.45, 2.75) is 25.9 Å². The first-order valence-corrected chi connectivity index (χ1v) is 3.60. The predicted molar refractivity (Wildman–Crippen MR) is 38.6 cm³/mol. The Balaban J connectivity index is 2.61. The van der Waals surface area contributed by atoms with Crippen molar-refractivity contribution in [1.29, 1.82) is 0 Å². The summed E-state index contributed by atoms with van der Waals surface area (Å²) in [4.78, 5) is 11.0. The fraction of sp³-hybridized carbons (Fsp3) is 0.625. The number of allylic oxidation sites excluding steroid dienone is 2. The first-order chi connectivity index (χ1) is 4.72. The second-order valence-electron chi connectivity index (χ2n) is 2.73. The van der Waals surface area contributed by atoms with Crippen molar-refractivity contribution in [3.63, 3.8) is 0 Å². The van der Waals surface area contributed by atoms with E-state index >= 15 is 0 Å². The van der Waals surface area contributed by atoms with Crippen molar-refractivity contribution in [3.8, 4) is 0 Å².